The molecule has 5 nitrogen and oxygen atoms in total. The molecule has 0 amide bonds. The van der Waals surface area contributed by atoms with Gasteiger partial charge in [-0.1, -0.05) is 6.07 Å². The Kier molecular flexibility index (Phi) is 2.93. The molecule has 0 aliphatic carbocycles. The lowest BCUT2D eigenvalue weighted by molar-refractivity contribution is 0.238. The van der Waals surface area contributed by atoms with Crippen LogP contribution in [0.4, 0.5) is 0 Å². The van der Waals surface area contributed by atoms with E-state index in [1.54, 1.807) is 6.33 Å². The van der Waals surface area contributed by atoms with Crippen molar-refractivity contribution in [1.82, 2.24) is 24.3 Å². The van der Waals surface area contributed by atoms with Crippen molar-refractivity contribution < 1.29 is 0 Å². The Morgan fingerprint density at radius 3 is 3.14 bits per heavy atom. The number of hydrogen-bond acceptors (Lipinski definition) is 4. The largest absolute Gasteiger partial charge is 0.304 e. The zero-order valence-electron chi connectivity index (χ0n) is 12.0. The lowest BCUT2D eigenvalue weighted by Crippen LogP contribution is -2.30. The van der Waals surface area contributed by atoms with E-state index in [1.165, 1.54) is 11.3 Å². The maximum Gasteiger partial charge on any atom is 0.137 e. The third-order valence-corrected chi connectivity index (χ3v) is 4.08. The van der Waals surface area contributed by atoms with E-state index in [0.717, 1.165) is 43.1 Å². The zero-order chi connectivity index (χ0) is 14.2. The third-order valence-electron chi connectivity index (χ3n) is 4.08. The standard InChI is InChI=1S/C16H17N5/c1-12-3-2-4-16-19-14(9-21(12)16)8-20-6-5-13-7-17-11-18-15(13)10-20/h2-4,7,9,11H,5-6,8,10H2,1H3. The lowest BCUT2D eigenvalue weighted by Gasteiger charge is -2.26. The summed E-state index contributed by atoms with van der Waals surface area (Å²) in [5.41, 5.74) is 5.77. The molecule has 0 atom stereocenters. The maximum absolute atomic E-state index is 4.71. The summed E-state index contributed by atoms with van der Waals surface area (Å²) in [6.07, 6.45) is 6.73. The van der Waals surface area contributed by atoms with Crippen LogP contribution in [0.3, 0.4) is 0 Å². The number of hydrogen-bond donors (Lipinski definition) is 0. The second-order valence-corrected chi connectivity index (χ2v) is 5.58. The van der Waals surface area contributed by atoms with Gasteiger partial charge in [0.05, 0.1) is 11.4 Å². The highest BCUT2D eigenvalue weighted by molar-refractivity contribution is 5.41. The minimum atomic E-state index is 0.866. The molecule has 3 aromatic heterocycles. The highest BCUT2D eigenvalue weighted by Gasteiger charge is 2.18. The first kappa shape index (κ1) is 12.5. The zero-order valence-corrected chi connectivity index (χ0v) is 12.0. The van der Waals surface area contributed by atoms with Gasteiger partial charge >= 0.3 is 0 Å². The average molecular weight is 279 g/mol. The summed E-state index contributed by atoms with van der Waals surface area (Å²) in [5, 5.41) is 0. The van der Waals surface area contributed by atoms with Gasteiger partial charge in [0.15, 0.2) is 0 Å². The summed E-state index contributed by atoms with van der Waals surface area (Å²) in [6, 6.07) is 6.21. The molecule has 3 aromatic rings. The van der Waals surface area contributed by atoms with Gasteiger partial charge in [-0.2, -0.15) is 0 Å². The summed E-state index contributed by atoms with van der Waals surface area (Å²) in [5.74, 6) is 0. The number of imidazole rings is 1. The van der Waals surface area contributed by atoms with Crippen molar-refractivity contribution in [3.8, 4) is 0 Å². The van der Waals surface area contributed by atoms with E-state index < -0.39 is 0 Å². The van der Waals surface area contributed by atoms with Crippen molar-refractivity contribution in [2.45, 2.75) is 26.4 Å². The van der Waals surface area contributed by atoms with Gasteiger partial charge < -0.3 is 4.40 Å². The summed E-state index contributed by atoms with van der Waals surface area (Å²) in [4.78, 5) is 15.6. The molecule has 5 heteroatoms. The van der Waals surface area contributed by atoms with E-state index in [0.29, 0.717) is 0 Å². The van der Waals surface area contributed by atoms with Crippen LogP contribution >= 0.6 is 0 Å². The second-order valence-electron chi connectivity index (χ2n) is 5.58. The molecule has 0 unspecified atom stereocenters. The van der Waals surface area contributed by atoms with Crippen LogP contribution < -0.4 is 0 Å². The summed E-state index contributed by atoms with van der Waals surface area (Å²) in [7, 11) is 0. The number of pyridine rings is 1. The Hall–Kier alpha value is -2.27. The Morgan fingerprint density at radius 2 is 2.24 bits per heavy atom. The predicted molar refractivity (Wildman–Crippen MR) is 79.8 cm³/mol. The van der Waals surface area contributed by atoms with E-state index in [-0.39, 0.29) is 0 Å². The van der Waals surface area contributed by atoms with Crippen LogP contribution in [-0.4, -0.2) is 30.8 Å². The van der Waals surface area contributed by atoms with Crippen LogP contribution in [0.15, 0.2) is 36.9 Å². The van der Waals surface area contributed by atoms with Crippen molar-refractivity contribution in [1.29, 1.82) is 0 Å². The van der Waals surface area contributed by atoms with E-state index in [1.807, 2.05) is 6.20 Å². The molecule has 0 saturated carbocycles. The van der Waals surface area contributed by atoms with Gasteiger partial charge in [-0.3, -0.25) is 4.90 Å². The van der Waals surface area contributed by atoms with Gasteiger partial charge in [0.1, 0.15) is 12.0 Å². The Morgan fingerprint density at radius 1 is 1.29 bits per heavy atom. The molecule has 0 fully saturated rings. The van der Waals surface area contributed by atoms with E-state index >= 15 is 0 Å². The van der Waals surface area contributed by atoms with Crippen LogP contribution in [0.2, 0.25) is 0 Å². The molecule has 0 radical (unpaired) electrons. The number of nitrogens with zero attached hydrogens (tertiary/aromatic N) is 5. The van der Waals surface area contributed by atoms with Gasteiger partial charge in [0, 0.05) is 37.7 Å². The molecule has 0 saturated heterocycles. The Balaban J connectivity index is 1.57. The molecule has 4 heterocycles. The summed E-state index contributed by atoms with van der Waals surface area (Å²) in [6.45, 7) is 4.88. The highest BCUT2D eigenvalue weighted by Crippen LogP contribution is 2.18. The van der Waals surface area contributed by atoms with E-state index in [9.17, 15) is 0 Å². The molecular weight excluding hydrogens is 262 g/mol. The SMILES string of the molecule is Cc1cccc2nc(CN3CCc4cncnc4C3)cn12. The van der Waals surface area contributed by atoms with Crippen molar-refractivity contribution in [3.05, 3.63) is 59.6 Å². The van der Waals surface area contributed by atoms with E-state index in [4.69, 9.17) is 4.98 Å². The van der Waals surface area contributed by atoms with Crippen LogP contribution in [0.1, 0.15) is 22.6 Å². The molecule has 1 aliphatic rings. The predicted octanol–water partition coefficient (Wildman–Crippen LogP) is 1.99. The highest BCUT2D eigenvalue weighted by atomic mass is 15.2. The normalized spacial score (nSPS) is 15.3. The van der Waals surface area contributed by atoms with Crippen molar-refractivity contribution >= 4 is 5.65 Å². The van der Waals surface area contributed by atoms with Crippen LogP contribution in [0.5, 0.6) is 0 Å². The number of aryl methyl sites for hydroxylation is 1. The fourth-order valence-electron chi connectivity index (χ4n) is 2.94. The van der Waals surface area contributed by atoms with Crippen molar-refractivity contribution in [2.24, 2.45) is 0 Å². The molecule has 106 valence electrons. The minimum Gasteiger partial charge on any atom is -0.304 e. The molecule has 4 rings (SSSR count). The Labute approximate surface area is 123 Å². The topological polar surface area (TPSA) is 46.3 Å². The molecule has 0 bridgehead atoms. The first-order chi connectivity index (χ1) is 10.3. The molecular formula is C16H17N5. The molecule has 1 aliphatic heterocycles. The molecule has 0 aromatic carbocycles. The fourth-order valence-corrected chi connectivity index (χ4v) is 2.94. The average Bonchev–Trinajstić information content (AvgIpc) is 2.91. The van der Waals surface area contributed by atoms with Crippen molar-refractivity contribution in [2.75, 3.05) is 6.54 Å². The number of rotatable bonds is 2. The van der Waals surface area contributed by atoms with Crippen LogP contribution in [0.25, 0.3) is 5.65 Å². The van der Waals surface area contributed by atoms with Gasteiger partial charge in [0.2, 0.25) is 0 Å². The Bertz CT molecular complexity index is 792. The maximum atomic E-state index is 4.71. The van der Waals surface area contributed by atoms with E-state index in [2.05, 4.69) is 50.6 Å². The third kappa shape index (κ3) is 2.29. The number of aromatic nitrogens is 4. The molecule has 21 heavy (non-hydrogen) atoms. The van der Waals surface area contributed by atoms with Crippen molar-refractivity contribution in [3.63, 3.8) is 0 Å². The monoisotopic (exact) mass is 279 g/mol. The van der Waals surface area contributed by atoms with Gasteiger partial charge in [-0.15, -0.1) is 0 Å². The summed E-state index contributed by atoms with van der Waals surface area (Å²) >= 11 is 0. The first-order valence-corrected chi connectivity index (χ1v) is 7.23. The van der Waals surface area contributed by atoms with Gasteiger partial charge in [-0.25, -0.2) is 15.0 Å². The van der Waals surface area contributed by atoms with Gasteiger partial charge in [0.25, 0.3) is 0 Å². The molecule has 0 N–H and O–H groups in total. The first-order valence-electron chi connectivity index (χ1n) is 7.23. The summed E-state index contributed by atoms with van der Waals surface area (Å²) < 4.78 is 2.15. The minimum absolute atomic E-state index is 0.866. The quantitative estimate of drug-likeness (QED) is 0.720. The lowest BCUT2D eigenvalue weighted by atomic mass is 10.1. The van der Waals surface area contributed by atoms with Crippen LogP contribution in [-0.2, 0) is 19.5 Å². The fraction of sp³-hybridized carbons (Fsp3) is 0.312. The van der Waals surface area contributed by atoms with Gasteiger partial charge in [-0.05, 0) is 31.0 Å². The smallest absolute Gasteiger partial charge is 0.137 e. The number of fused-ring (bicyclic) bond motifs is 2. The molecule has 0 spiro atoms. The second kappa shape index (κ2) is 4.93. The van der Waals surface area contributed by atoms with Crippen LogP contribution in [0, 0.1) is 6.92 Å².